The van der Waals surface area contributed by atoms with Crippen LogP contribution in [0.4, 0.5) is 0 Å². The molecule has 0 radical (unpaired) electrons. The van der Waals surface area contributed by atoms with E-state index in [9.17, 15) is 0 Å². The fraction of sp³-hybridized carbons (Fsp3) is 0.684. The van der Waals surface area contributed by atoms with Gasteiger partial charge in [0.1, 0.15) is 24.4 Å². The smallest absolute Gasteiger partial charge is 0.190 e. The number of benzene rings is 1. The van der Waals surface area contributed by atoms with Gasteiger partial charge in [-0.05, 0) is 33.3 Å². The first kappa shape index (κ1) is 17.4. The van der Waals surface area contributed by atoms with E-state index in [4.69, 9.17) is 28.4 Å². The lowest BCUT2D eigenvalue weighted by molar-refractivity contribution is -0.236. The van der Waals surface area contributed by atoms with Gasteiger partial charge in [0.2, 0.25) is 0 Å². The van der Waals surface area contributed by atoms with Crippen molar-refractivity contribution in [2.24, 2.45) is 0 Å². The minimum atomic E-state index is -0.680. The number of fused-ring (bicyclic) bond motifs is 1. The van der Waals surface area contributed by atoms with Gasteiger partial charge in [0, 0.05) is 0 Å². The largest absolute Gasteiger partial charge is 0.368 e. The maximum absolute atomic E-state index is 6.22. The maximum Gasteiger partial charge on any atom is 0.190 e. The highest BCUT2D eigenvalue weighted by molar-refractivity contribution is 5.13. The van der Waals surface area contributed by atoms with Gasteiger partial charge in [0.15, 0.2) is 17.9 Å². The molecular weight excluding hydrogens is 324 g/mol. The van der Waals surface area contributed by atoms with Gasteiger partial charge in [-0.1, -0.05) is 30.3 Å². The predicted octanol–water partition coefficient (Wildman–Crippen LogP) is 2.60. The Hall–Kier alpha value is -1.02. The molecule has 138 valence electrons. The van der Waals surface area contributed by atoms with Crippen molar-refractivity contribution in [1.82, 2.24) is 0 Å². The second kappa shape index (κ2) is 6.30. The van der Waals surface area contributed by atoms with Gasteiger partial charge < -0.3 is 28.4 Å². The van der Waals surface area contributed by atoms with Crippen LogP contribution in [0.3, 0.4) is 0 Å². The molecule has 0 spiro atoms. The molecule has 3 saturated heterocycles. The molecule has 5 atom stereocenters. The minimum Gasteiger partial charge on any atom is -0.368 e. The number of rotatable bonds is 4. The first-order chi connectivity index (χ1) is 11.8. The van der Waals surface area contributed by atoms with Gasteiger partial charge in [0.25, 0.3) is 0 Å². The van der Waals surface area contributed by atoms with Crippen LogP contribution < -0.4 is 0 Å². The van der Waals surface area contributed by atoms with E-state index in [1.807, 2.05) is 58.0 Å². The maximum atomic E-state index is 6.22. The summed E-state index contributed by atoms with van der Waals surface area (Å²) in [4.78, 5) is 0. The zero-order valence-corrected chi connectivity index (χ0v) is 15.1. The van der Waals surface area contributed by atoms with Gasteiger partial charge in [0.05, 0.1) is 13.2 Å². The highest BCUT2D eigenvalue weighted by Crippen LogP contribution is 2.42. The highest BCUT2D eigenvalue weighted by Gasteiger charge is 2.58. The van der Waals surface area contributed by atoms with E-state index in [-0.39, 0.29) is 24.4 Å². The molecular formula is C19H26O6. The Bertz CT molecular complexity index is 601. The van der Waals surface area contributed by atoms with Gasteiger partial charge in [-0.2, -0.15) is 0 Å². The van der Waals surface area contributed by atoms with E-state index in [0.717, 1.165) is 5.56 Å². The van der Waals surface area contributed by atoms with Crippen LogP contribution in [0.2, 0.25) is 0 Å². The fourth-order valence-corrected chi connectivity index (χ4v) is 3.64. The van der Waals surface area contributed by atoms with Gasteiger partial charge >= 0.3 is 0 Å². The third-order valence-electron chi connectivity index (χ3n) is 4.71. The Morgan fingerprint density at radius 1 is 0.960 bits per heavy atom. The lowest BCUT2D eigenvalue weighted by Crippen LogP contribution is -2.44. The van der Waals surface area contributed by atoms with Crippen molar-refractivity contribution in [3.05, 3.63) is 35.9 Å². The minimum absolute atomic E-state index is 0.211. The molecule has 0 unspecified atom stereocenters. The molecule has 6 heteroatoms. The predicted molar refractivity (Wildman–Crippen MR) is 88.6 cm³/mol. The van der Waals surface area contributed by atoms with Crippen LogP contribution in [0.15, 0.2) is 30.3 Å². The van der Waals surface area contributed by atoms with E-state index in [2.05, 4.69) is 0 Å². The third kappa shape index (κ3) is 3.60. The Kier molecular flexibility index (Phi) is 4.38. The molecule has 1 aromatic rings. The van der Waals surface area contributed by atoms with Crippen LogP contribution in [-0.2, 0) is 35.0 Å². The molecule has 3 aliphatic heterocycles. The Morgan fingerprint density at radius 3 is 2.40 bits per heavy atom. The van der Waals surface area contributed by atoms with Gasteiger partial charge in [-0.3, -0.25) is 0 Å². The monoisotopic (exact) mass is 350 g/mol. The van der Waals surface area contributed by atoms with Crippen molar-refractivity contribution in [3.63, 3.8) is 0 Å². The standard InChI is InChI=1S/C19H26O6/c1-18(2)21-11-13(23-18)14-15(20-10-12-8-6-5-7-9-12)16-17(22-14)25-19(3,4)24-16/h5-9,13-17H,10-11H2,1-4H3/t13-,14-,15+,16-,17-/m1/s1. The lowest BCUT2D eigenvalue weighted by atomic mass is 10.1. The normalized spacial score (nSPS) is 38.8. The molecule has 0 amide bonds. The van der Waals surface area contributed by atoms with Crippen LogP contribution >= 0.6 is 0 Å². The molecule has 6 nitrogen and oxygen atoms in total. The van der Waals surface area contributed by atoms with Crippen LogP contribution in [0.5, 0.6) is 0 Å². The molecule has 0 aromatic heterocycles. The van der Waals surface area contributed by atoms with Crippen molar-refractivity contribution in [2.75, 3.05) is 6.61 Å². The molecule has 0 saturated carbocycles. The third-order valence-corrected chi connectivity index (χ3v) is 4.71. The molecule has 0 N–H and O–H groups in total. The Labute approximate surface area is 148 Å². The lowest BCUT2D eigenvalue weighted by Gasteiger charge is -2.29. The van der Waals surface area contributed by atoms with Crippen LogP contribution in [0.1, 0.15) is 33.3 Å². The highest BCUT2D eigenvalue weighted by atomic mass is 16.8. The summed E-state index contributed by atoms with van der Waals surface area (Å²) in [6, 6.07) is 10.1. The molecule has 1 aromatic carbocycles. The molecule has 4 rings (SSSR count). The molecule has 3 heterocycles. The van der Waals surface area contributed by atoms with Crippen LogP contribution in [0.25, 0.3) is 0 Å². The quantitative estimate of drug-likeness (QED) is 0.832. The Morgan fingerprint density at radius 2 is 1.72 bits per heavy atom. The summed E-state index contributed by atoms with van der Waals surface area (Å²) in [6.07, 6.45) is -1.52. The van der Waals surface area contributed by atoms with Crippen molar-refractivity contribution in [2.45, 2.75) is 76.6 Å². The van der Waals surface area contributed by atoms with E-state index in [1.165, 1.54) is 0 Å². The Balaban J connectivity index is 1.50. The second-order valence-electron chi connectivity index (χ2n) is 7.70. The van der Waals surface area contributed by atoms with Crippen molar-refractivity contribution < 1.29 is 28.4 Å². The molecule has 3 fully saturated rings. The molecule has 0 aliphatic carbocycles. The number of hydrogen-bond donors (Lipinski definition) is 0. The van der Waals surface area contributed by atoms with E-state index in [0.29, 0.717) is 13.2 Å². The zero-order valence-electron chi connectivity index (χ0n) is 15.1. The fourth-order valence-electron chi connectivity index (χ4n) is 3.64. The van der Waals surface area contributed by atoms with Crippen molar-refractivity contribution in [1.29, 1.82) is 0 Å². The topological polar surface area (TPSA) is 55.4 Å². The first-order valence-corrected chi connectivity index (χ1v) is 8.81. The van der Waals surface area contributed by atoms with Gasteiger partial charge in [-0.15, -0.1) is 0 Å². The van der Waals surface area contributed by atoms with Crippen LogP contribution in [0, 0.1) is 0 Å². The van der Waals surface area contributed by atoms with E-state index < -0.39 is 17.9 Å². The number of ether oxygens (including phenoxy) is 6. The average Bonchev–Trinajstić information content (AvgIpc) is 3.15. The van der Waals surface area contributed by atoms with Gasteiger partial charge in [-0.25, -0.2) is 0 Å². The van der Waals surface area contributed by atoms with E-state index in [1.54, 1.807) is 0 Å². The summed E-state index contributed by atoms with van der Waals surface area (Å²) in [5, 5.41) is 0. The van der Waals surface area contributed by atoms with Crippen molar-refractivity contribution in [3.8, 4) is 0 Å². The zero-order chi connectivity index (χ0) is 17.7. The summed E-state index contributed by atoms with van der Waals surface area (Å²) in [7, 11) is 0. The summed E-state index contributed by atoms with van der Waals surface area (Å²) in [5.74, 6) is -1.29. The summed E-state index contributed by atoms with van der Waals surface area (Å²) in [6.45, 7) is 8.52. The van der Waals surface area contributed by atoms with Crippen molar-refractivity contribution >= 4 is 0 Å². The second-order valence-corrected chi connectivity index (χ2v) is 7.70. The van der Waals surface area contributed by atoms with Crippen LogP contribution in [-0.4, -0.2) is 48.9 Å². The first-order valence-electron chi connectivity index (χ1n) is 8.81. The summed E-state index contributed by atoms with van der Waals surface area (Å²) in [5.41, 5.74) is 1.10. The summed E-state index contributed by atoms with van der Waals surface area (Å²) < 4.78 is 36.0. The SMILES string of the molecule is CC1(C)O[C@H]2O[C@H]([C@H]3COC(C)(C)O3)[C@H](OCc3ccccc3)[C@H]2O1. The van der Waals surface area contributed by atoms with E-state index >= 15 is 0 Å². The molecule has 3 aliphatic rings. The number of hydrogen-bond acceptors (Lipinski definition) is 6. The molecule has 25 heavy (non-hydrogen) atoms. The summed E-state index contributed by atoms with van der Waals surface area (Å²) >= 11 is 0. The average molecular weight is 350 g/mol. The molecule has 0 bridgehead atoms.